The largest absolute Gasteiger partial charge is 0.493 e. The Labute approximate surface area is 182 Å². The van der Waals surface area contributed by atoms with Crippen molar-refractivity contribution in [3.8, 4) is 5.75 Å². The van der Waals surface area contributed by atoms with Gasteiger partial charge in [0.2, 0.25) is 11.8 Å². The van der Waals surface area contributed by atoms with Crippen molar-refractivity contribution in [1.82, 2.24) is 20.0 Å². The maximum absolute atomic E-state index is 13.1. The fraction of sp³-hybridized carbons (Fsp3) is 0.609. The molecule has 8 heteroatoms. The van der Waals surface area contributed by atoms with E-state index in [9.17, 15) is 4.79 Å². The highest BCUT2D eigenvalue weighted by Gasteiger charge is 2.53. The van der Waals surface area contributed by atoms with Crippen LogP contribution in [0.15, 0.2) is 28.7 Å². The molecule has 1 spiro atoms. The molecule has 1 unspecified atom stereocenters. The van der Waals surface area contributed by atoms with E-state index < -0.39 is 0 Å². The molecule has 0 radical (unpaired) electrons. The number of rotatable bonds is 5. The molecule has 8 nitrogen and oxygen atoms in total. The van der Waals surface area contributed by atoms with Gasteiger partial charge in [0.1, 0.15) is 5.75 Å². The van der Waals surface area contributed by atoms with Gasteiger partial charge in [-0.15, -0.1) is 10.2 Å². The third kappa shape index (κ3) is 3.83. The second kappa shape index (κ2) is 8.24. The Morgan fingerprint density at radius 1 is 1.16 bits per heavy atom. The first-order valence-corrected chi connectivity index (χ1v) is 11.2. The second-order valence-corrected chi connectivity index (χ2v) is 9.09. The molecule has 0 N–H and O–H groups in total. The molecule has 1 atom stereocenters. The predicted molar refractivity (Wildman–Crippen MR) is 113 cm³/mol. The number of hydrogen-bond donors (Lipinski definition) is 0. The average molecular weight is 427 g/mol. The van der Waals surface area contributed by atoms with Gasteiger partial charge in [0, 0.05) is 44.2 Å². The van der Waals surface area contributed by atoms with Crippen LogP contribution in [-0.2, 0) is 4.74 Å². The summed E-state index contributed by atoms with van der Waals surface area (Å²) in [5.41, 5.74) is 0.725. The maximum atomic E-state index is 13.1. The van der Waals surface area contributed by atoms with E-state index in [4.69, 9.17) is 13.9 Å². The van der Waals surface area contributed by atoms with Crippen LogP contribution < -0.4 is 4.74 Å². The van der Waals surface area contributed by atoms with E-state index in [0.717, 1.165) is 58.0 Å². The Kier molecular flexibility index (Phi) is 5.44. The van der Waals surface area contributed by atoms with E-state index in [0.29, 0.717) is 29.7 Å². The predicted octanol–water partition coefficient (Wildman–Crippen LogP) is 2.88. The van der Waals surface area contributed by atoms with Crippen molar-refractivity contribution in [3.63, 3.8) is 0 Å². The molecule has 3 saturated heterocycles. The van der Waals surface area contributed by atoms with Gasteiger partial charge >= 0.3 is 0 Å². The summed E-state index contributed by atoms with van der Waals surface area (Å²) in [6, 6.07) is 7.59. The van der Waals surface area contributed by atoms with Crippen LogP contribution in [0, 0.1) is 5.41 Å². The smallest absolute Gasteiger partial charge is 0.257 e. The number of ether oxygens (including phenoxy) is 2. The Morgan fingerprint density at radius 2 is 1.90 bits per heavy atom. The van der Waals surface area contributed by atoms with Gasteiger partial charge < -0.3 is 18.8 Å². The summed E-state index contributed by atoms with van der Waals surface area (Å²) in [5, 5.41) is 8.73. The molecule has 1 aromatic heterocycles. The summed E-state index contributed by atoms with van der Waals surface area (Å²) in [6.07, 6.45) is 2.80. The van der Waals surface area contributed by atoms with E-state index in [1.807, 2.05) is 36.1 Å². The van der Waals surface area contributed by atoms with E-state index >= 15 is 0 Å². The molecule has 3 aliphatic rings. The van der Waals surface area contributed by atoms with Crippen molar-refractivity contribution in [3.05, 3.63) is 41.6 Å². The van der Waals surface area contributed by atoms with Crippen LogP contribution in [0.3, 0.4) is 0 Å². The van der Waals surface area contributed by atoms with Crippen LogP contribution >= 0.6 is 0 Å². The molecular formula is C23H30N4O4. The first-order valence-electron chi connectivity index (χ1n) is 11.2. The topological polar surface area (TPSA) is 80.9 Å². The Bertz CT molecular complexity index is 933. The van der Waals surface area contributed by atoms with Crippen molar-refractivity contribution in [2.45, 2.75) is 38.1 Å². The highest BCUT2D eigenvalue weighted by atomic mass is 16.5. The minimum Gasteiger partial charge on any atom is -0.493 e. The van der Waals surface area contributed by atoms with E-state index in [1.165, 1.54) is 0 Å². The summed E-state index contributed by atoms with van der Waals surface area (Å²) in [5.74, 6) is 2.44. The molecule has 166 valence electrons. The third-order valence-electron chi connectivity index (χ3n) is 6.81. The lowest BCUT2D eigenvalue weighted by molar-refractivity contribution is 0.0112. The summed E-state index contributed by atoms with van der Waals surface area (Å²) >= 11 is 0. The number of aromatic nitrogens is 2. The molecule has 5 rings (SSSR count). The Balaban J connectivity index is 1.24. The summed E-state index contributed by atoms with van der Waals surface area (Å²) in [4.78, 5) is 17.3. The van der Waals surface area contributed by atoms with Crippen molar-refractivity contribution >= 4 is 5.91 Å². The van der Waals surface area contributed by atoms with E-state index in [2.05, 4.69) is 22.1 Å². The van der Waals surface area contributed by atoms with Gasteiger partial charge in [-0.25, -0.2) is 0 Å². The van der Waals surface area contributed by atoms with Gasteiger partial charge in [-0.05, 0) is 45.4 Å². The molecule has 1 aromatic carbocycles. The standard InChI is InChI=1S/C23H30N4O4/c1-3-30-19-7-5-4-6-17(19)22(28)27-14-23(15-27)12-18(26(2)13-23)21-25-24-20(31-21)16-8-10-29-11-9-16/h4-7,16,18H,3,8-15H2,1-2H3. The minimum atomic E-state index is 0.0420. The van der Waals surface area contributed by atoms with Gasteiger partial charge in [-0.2, -0.15) is 0 Å². The summed E-state index contributed by atoms with van der Waals surface area (Å²) < 4.78 is 17.2. The number of carbonyl (C=O) groups excluding carboxylic acids is 1. The molecule has 0 aliphatic carbocycles. The summed E-state index contributed by atoms with van der Waals surface area (Å²) in [7, 11) is 2.10. The normalized spacial score (nSPS) is 23.8. The molecule has 0 bridgehead atoms. The number of benzene rings is 1. The zero-order valence-electron chi connectivity index (χ0n) is 18.2. The molecular weight excluding hydrogens is 396 g/mol. The lowest BCUT2D eigenvalue weighted by Crippen LogP contribution is -2.59. The Morgan fingerprint density at radius 3 is 2.68 bits per heavy atom. The van der Waals surface area contributed by atoms with Crippen LogP contribution in [0.25, 0.3) is 0 Å². The van der Waals surface area contributed by atoms with Crippen molar-refractivity contribution < 1.29 is 18.7 Å². The van der Waals surface area contributed by atoms with Crippen LogP contribution in [0.5, 0.6) is 5.75 Å². The number of likely N-dealkylation sites (tertiary alicyclic amines) is 2. The number of amides is 1. The molecule has 3 fully saturated rings. The van der Waals surface area contributed by atoms with Gasteiger partial charge in [0.25, 0.3) is 5.91 Å². The number of para-hydroxylation sites is 1. The second-order valence-electron chi connectivity index (χ2n) is 9.09. The van der Waals surface area contributed by atoms with Crippen LogP contribution in [-0.4, -0.2) is 72.4 Å². The molecule has 0 saturated carbocycles. The maximum Gasteiger partial charge on any atom is 0.257 e. The van der Waals surface area contributed by atoms with Gasteiger partial charge in [0.05, 0.1) is 18.2 Å². The quantitative estimate of drug-likeness (QED) is 0.727. The molecule has 31 heavy (non-hydrogen) atoms. The molecule has 2 aromatic rings. The molecule has 1 amide bonds. The fourth-order valence-corrected chi connectivity index (χ4v) is 5.27. The average Bonchev–Trinajstić information content (AvgIpc) is 3.38. The first-order chi connectivity index (χ1) is 15.1. The molecule has 3 aliphatic heterocycles. The van der Waals surface area contributed by atoms with Crippen molar-refractivity contribution in [2.24, 2.45) is 5.41 Å². The van der Waals surface area contributed by atoms with Crippen molar-refractivity contribution in [2.75, 3.05) is 46.5 Å². The summed E-state index contributed by atoms with van der Waals surface area (Å²) in [6.45, 7) is 6.39. The monoisotopic (exact) mass is 426 g/mol. The Hall–Kier alpha value is -2.45. The highest BCUT2D eigenvalue weighted by molar-refractivity contribution is 5.97. The zero-order chi connectivity index (χ0) is 21.4. The van der Waals surface area contributed by atoms with Crippen LogP contribution in [0.2, 0.25) is 0 Å². The third-order valence-corrected chi connectivity index (χ3v) is 6.81. The SMILES string of the molecule is CCOc1ccccc1C(=O)N1CC2(CC(c3nnc(C4CCOCC4)o3)N(C)C2)C1. The van der Waals surface area contributed by atoms with Crippen LogP contribution in [0.1, 0.15) is 60.3 Å². The first kappa shape index (κ1) is 20.5. The fourth-order valence-electron chi connectivity index (χ4n) is 5.27. The lowest BCUT2D eigenvalue weighted by atomic mass is 9.77. The number of carbonyl (C=O) groups is 1. The molecule has 4 heterocycles. The number of hydrogen-bond acceptors (Lipinski definition) is 7. The highest BCUT2D eigenvalue weighted by Crippen LogP contribution is 2.48. The minimum absolute atomic E-state index is 0.0420. The zero-order valence-corrected chi connectivity index (χ0v) is 18.2. The van der Waals surface area contributed by atoms with Gasteiger partial charge in [0.15, 0.2) is 0 Å². The van der Waals surface area contributed by atoms with Crippen LogP contribution in [0.4, 0.5) is 0 Å². The number of nitrogens with zero attached hydrogens (tertiary/aromatic N) is 4. The van der Waals surface area contributed by atoms with Crippen molar-refractivity contribution in [1.29, 1.82) is 0 Å². The van der Waals surface area contributed by atoms with E-state index in [1.54, 1.807) is 0 Å². The van der Waals surface area contributed by atoms with Gasteiger partial charge in [-0.1, -0.05) is 12.1 Å². The van der Waals surface area contributed by atoms with E-state index in [-0.39, 0.29) is 17.4 Å². The lowest BCUT2D eigenvalue weighted by Gasteiger charge is -2.48. The van der Waals surface area contributed by atoms with Gasteiger partial charge in [-0.3, -0.25) is 9.69 Å².